The van der Waals surface area contributed by atoms with Crippen molar-refractivity contribution in [2.75, 3.05) is 6.61 Å². The third-order valence-electron chi connectivity index (χ3n) is 3.41. The minimum absolute atomic E-state index is 0.101. The van der Waals surface area contributed by atoms with Crippen molar-refractivity contribution in [1.82, 2.24) is 0 Å². The molecule has 0 aliphatic carbocycles. The first kappa shape index (κ1) is 14.1. The first-order valence-electron chi connectivity index (χ1n) is 6.58. The highest BCUT2D eigenvalue weighted by molar-refractivity contribution is 6.22. The van der Waals surface area contributed by atoms with Crippen molar-refractivity contribution < 1.29 is 18.3 Å². The van der Waals surface area contributed by atoms with E-state index in [0.717, 1.165) is 23.3 Å². The van der Waals surface area contributed by atoms with E-state index < -0.39 is 12.0 Å². The third kappa shape index (κ3) is 2.95. The van der Waals surface area contributed by atoms with Crippen molar-refractivity contribution in [3.8, 4) is 11.5 Å². The van der Waals surface area contributed by atoms with E-state index in [-0.39, 0.29) is 5.75 Å². The molecule has 0 N–H and O–H groups in total. The van der Waals surface area contributed by atoms with Gasteiger partial charge in [-0.25, -0.2) is 0 Å². The topological polar surface area (TPSA) is 18.5 Å². The first-order valence-corrected chi connectivity index (χ1v) is 7.02. The van der Waals surface area contributed by atoms with Crippen molar-refractivity contribution in [1.29, 1.82) is 0 Å². The van der Waals surface area contributed by atoms with E-state index in [1.807, 2.05) is 18.2 Å². The van der Waals surface area contributed by atoms with Crippen molar-refractivity contribution in [2.24, 2.45) is 0 Å². The Kier molecular flexibility index (Phi) is 3.97. The standard InChI is InChI=1S/C16H13ClF2O2/c17-15(11-5-6-13-10(9-11)7-8-20-13)12-3-1-2-4-14(12)21-16(18)19/h1-6,9,15-16H,7-8H2. The fraction of sp³-hybridized carbons (Fsp3) is 0.250. The number of hydrogen-bond donors (Lipinski definition) is 0. The number of ether oxygens (including phenoxy) is 2. The monoisotopic (exact) mass is 310 g/mol. The lowest BCUT2D eigenvalue weighted by atomic mass is 10.0. The maximum atomic E-state index is 12.5. The normalized spacial score (nSPS) is 14.7. The average molecular weight is 311 g/mol. The highest BCUT2D eigenvalue weighted by Gasteiger charge is 2.20. The number of para-hydroxylation sites is 1. The smallest absolute Gasteiger partial charge is 0.387 e. The zero-order valence-corrected chi connectivity index (χ0v) is 11.8. The van der Waals surface area contributed by atoms with Crippen molar-refractivity contribution in [3.05, 3.63) is 59.2 Å². The average Bonchev–Trinajstić information content (AvgIpc) is 2.94. The van der Waals surface area contributed by atoms with E-state index >= 15 is 0 Å². The van der Waals surface area contributed by atoms with Crippen LogP contribution in [0.2, 0.25) is 0 Å². The van der Waals surface area contributed by atoms with Crippen LogP contribution in [0.4, 0.5) is 8.78 Å². The van der Waals surface area contributed by atoms with Gasteiger partial charge >= 0.3 is 6.61 Å². The quantitative estimate of drug-likeness (QED) is 0.771. The van der Waals surface area contributed by atoms with Crippen molar-refractivity contribution >= 4 is 11.6 Å². The van der Waals surface area contributed by atoms with Crippen LogP contribution in [0.1, 0.15) is 22.1 Å². The van der Waals surface area contributed by atoms with Crippen LogP contribution in [-0.2, 0) is 6.42 Å². The maximum Gasteiger partial charge on any atom is 0.387 e. The second kappa shape index (κ2) is 5.90. The van der Waals surface area contributed by atoms with Crippen LogP contribution in [0.25, 0.3) is 0 Å². The summed E-state index contributed by atoms with van der Waals surface area (Å²) in [6.07, 6.45) is 0.835. The lowest BCUT2D eigenvalue weighted by molar-refractivity contribution is -0.0504. The fourth-order valence-electron chi connectivity index (χ4n) is 2.44. The maximum absolute atomic E-state index is 12.5. The summed E-state index contributed by atoms with van der Waals surface area (Å²) < 4.78 is 34.9. The van der Waals surface area contributed by atoms with E-state index in [9.17, 15) is 8.78 Å². The Labute approximate surface area is 126 Å². The number of fused-ring (bicyclic) bond motifs is 1. The largest absolute Gasteiger partial charge is 0.493 e. The number of rotatable bonds is 4. The lowest BCUT2D eigenvalue weighted by Gasteiger charge is -2.16. The van der Waals surface area contributed by atoms with Gasteiger partial charge in [-0.05, 0) is 23.3 Å². The summed E-state index contributed by atoms with van der Waals surface area (Å²) in [6.45, 7) is -2.21. The molecule has 0 saturated heterocycles. The molecule has 1 atom stereocenters. The van der Waals surface area contributed by atoms with Gasteiger partial charge in [-0.3, -0.25) is 0 Å². The molecule has 0 bridgehead atoms. The van der Waals surface area contributed by atoms with Gasteiger partial charge < -0.3 is 9.47 Å². The number of hydrogen-bond acceptors (Lipinski definition) is 2. The molecule has 5 heteroatoms. The van der Waals surface area contributed by atoms with Crippen molar-refractivity contribution in [3.63, 3.8) is 0 Å². The van der Waals surface area contributed by atoms with Gasteiger partial charge in [0.15, 0.2) is 0 Å². The molecule has 21 heavy (non-hydrogen) atoms. The molecule has 2 aromatic carbocycles. The van der Waals surface area contributed by atoms with Crippen LogP contribution in [0.3, 0.4) is 0 Å². The second-order valence-electron chi connectivity index (χ2n) is 4.74. The highest BCUT2D eigenvalue weighted by atomic mass is 35.5. The molecular weight excluding hydrogens is 298 g/mol. The SMILES string of the molecule is FC(F)Oc1ccccc1C(Cl)c1ccc2c(c1)CCO2. The Morgan fingerprint density at radius 2 is 1.95 bits per heavy atom. The van der Waals surface area contributed by atoms with Gasteiger partial charge in [0.2, 0.25) is 0 Å². The first-order chi connectivity index (χ1) is 10.1. The molecule has 0 amide bonds. The Bertz CT molecular complexity index is 646. The van der Waals surface area contributed by atoms with Crippen molar-refractivity contribution in [2.45, 2.75) is 18.4 Å². The number of halogens is 3. The summed E-state index contributed by atoms with van der Waals surface area (Å²) >= 11 is 6.46. The summed E-state index contributed by atoms with van der Waals surface area (Å²) in [5.74, 6) is 0.962. The molecule has 1 unspecified atom stereocenters. The molecule has 0 spiro atoms. The Balaban J connectivity index is 1.93. The minimum Gasteiger partial charge on any atom is -0.493 e. The van der Waals surface area contributed by atoms with E-state index in [1.54, 1.807) is 18.2 Å². The van der Waals surface area contributed by atoms with Gasteiger partial charge in [-0.1, -0.05) is 30.3 Å². The summed E-state index contributed by atoms with van der Waals surface area (Å²) in [5, 5.41) is -0.550. The molecule has 1 aliphatic rings. The minimum atomic E-state index is -2.87. The summed E-state index contributed by atoms with van der Waals surface area (Å²) in [7, 11) is 0. The molecule has 2 nitrogen and oxygen atoms in total. The number of alkyl halides is 3. The molecule has 2 aromatic rings. The molecule has 0 fully saturated rings. The van der Waals surface area contributed by atoms with Gasteiger partial charge in [0.05, 0.1) is 12.0 Å². The molecule has 3 rings (SSSR count). The summed E-state index contributed by atoms with van der Waals surface area (Å²) in [4.78, 5) is 0. The van der Waals surface area contributed by atoms with Gasteiger partial charge in [-0.2, -0.15) is 8.78 Å². The van der Waals surface area contributed by atoms with Gasteiger partial charge in [0.25, 0.3) is 0 Å². The zero-order valence-electron chi connectivity index (χ0n) is 11.1. The van der Waals surface area contributed by atoms with Gasteiger partial charge in [0, 0.05) is 12.0 Å². The Morgan fingerprint density at radius 3 is 2.76 bits per heavy atom. The zero-order chi connectivity index (χ0) is 14.8. The molecule has 0 radical (unpaired) electrons. The van der Waals surface area contributed by atoms with E-state index in [1.165, 1.54) is 6.07 Å². The lowest BCUT2D eigenvalue weighted by Crippen LogP contribution is -2.06. The van der Waals surface area contributed by atoms with Crippen LogP contribution < -0.4 is 9.47 Å². The van der Waals surface area contributed by atoms with Crippen LogP contribution in [0.5, 0.6) is 11.5 Å². The van der Waals surface area contributed by atoms with Gasteiger partial charge in [-0.15, -0.1) is 11.6 Å². The molecule has 1 aliphatic heterocycles. The summed E-state index contributed by atoms with van der Waals surface area (Å²) in [6, 6.07) is 12.2. The Morgan fingerprint density at radius 1 is 1.14 bits per heavy atom. The molecule has 1 heterocycles. The van der Waals surface area contributed by atoms with Crippen LogP contribution in [0, 0.1) is 0 Å². The predicted octanol–water partition coefficient (Wildman–Crippen LogP) is 4.55. The molecular formula is C16H13ClF2O2. The summed E-state index contributed by atoms with van der Waals surface area (Å²) in [5.41, 5.74) is 2.45. The van der Waals surface area contributed by atoms with E-state index in [2.05, 4.69) is 4.74 Å². The van der Waals surface area contributed by atoms with Gasteiger partial charge in [0.1, 0.15) is 11.5 Å². The third-order valence-corrected chi connectivity index (χ3v) is 3.90. The van der Waals surface area contributed by atoms with E-state index in [0.29, 0.717) is 12.2 Å². The predicted molar refractivity (Wildman–Crippen MR) is 76.4 cm³/mol. The van der Waals surface area contributed by atoms with Crippen LogP contribution >= 0.6 is 11.6 Å². The van der Waals surface area contributed by atoms with E-state index in [4.69, 9.17) is 16.3 Å². The molecule has 0 aromatic heterocycles. The highest BCUT2D eigenvalue weighted by Crippen LogP contribution is 2.38. The number of benzene rings is 2. The second-order valence-corrected chi connectivity index (χ2v) is 5.18. The molecule has 110 valence electrons. The van der Waals surface area contributed by atoms with Crippen LogP contribution in [0.15, 0.2) is 42.5 Å². The Hall–Kier alpha value is -1.81. The fourth-order valence-corrected chi connectivity index (χ4v) is 2.75. The molecule has 0 saturated carbocycles. The van der Waals surface area contributed by atoms with Crippen LogP contribution in [-0.4, -0.2) is 13.2 Å².